The van der Waals surface area contributed by atoms with Gasteiger partial charge in [0, 0.05) is 13.6 Å². The van der Waals surface area contributed by atoms with Crippen LogP contribution in [0.15, 0.2) is 54.6 Å². The van der Waals surface area contributed by atoms with Crippen LogP contribution in [-0.2, 0) is 17.4 Å². The summed E-state index contributed by atoms with van der Waals surface area (Å²) in [4.78, 5) is 17.0. The molecule has 2 aromatic rings. The smallest absolute Gasteiger partial charge is 0.337 e. The summed E-state index contributed by atoms with van der Waals surface area (Å²) >= 11 is 0. The van der Waals surface area contributed by atoms with Gasteiger partial charge in [-0.2, -0.15) is 13.2 Å². The van der Waals surface area contributed by atoms with Crippen LogP contribution in [0.1, 0.15) is 35.6 Å². The quantitative estimate of drug-likeness (QED) is 0.723. The summed E-state index contributed by atoms with van der Waals surface area (Å²) in [6.45, 7) is 2.83. The number of hydrogen-bond acceptors (Lipinski definition) is 2. The number of likely N-dealkylation sites (N-methyl/N-ethyl adjacent to an activating group) is 1. The van der Waals surface area contributed by atoms with Crippen molar-refractivity contribution in [1.29, 1.82) is 0 Å². The molecule has 0 aromatic heterocycles. The van der Waals surface area contributed by atoms with Gasteiger partial charge in [-0.15, -0.1) is 0 Å². The predicted octanol–water partition coefficient (Wildman–Crippen LogP) is 4.54. The van der Waals surface area contributed by atoms with Gasteiger partial charge in [0.1, 0.15) is 0 Å². The predicted molar refractivity (Wildman–Crippen MR) is 103 cm³/mol. The van der Waals surface area contributed by atoms with Crippen molar-refractivity contribution in [2.75, 3.05) is 26.7 Å². The lowest BCUT2D eigenvalue weighted by Gasteiger charge is -2.32. The highest BCUT2D eigenvalue weighted by atomic mass is 19.4. The van der Waals surface area contributed by atoms with Crippen LogP contribution >= 0.6 is 0 Å². The summed E-state index contributed by atoms with van der Waals surface area (Å²) in [6, 6.07) is 14.6. The molecule has 150 valence electrons. The van der Waals surface area contributed by atoms with Crippen LogP contribution in [0, 0.1) is 0 Å². The number of alkyl halides is 3. The standard InChI is InChI=1S/C22H25F3N2O/c1-26(21(28)15-17-9-11-19(12-10-17)22(23,24)25)20(16-27-13-5-6-14-27)18-7-3-2-4-8-18/h2-4,7-12,20H,5-6,13-16H2,1H3/t20-/m1/s1. The molecule has 1 saturated heterocycles. The molecule has 1 aliphatic rings. The summed E-state index contributed by atoms with van der Waals surface area (Å²) in [7, 11) is 1.78. The van der Waals surface area contributed by atoms with Gasteiger partial charge in [-0.25, -0.2) is 0 Å². The molecule has 0 N–H and O–H groups in total. The molecule has 0 bridgehead atoms. The molecule has 3 rings (SSSR count). The number of halogens is 3. The first kappa shape index (κ1) is 20.4. The Balaban J connectivity index is 1.72. The number of benzene rings is 2. The summed E-state index contributed by atoms with van der Waals surface area (Å²) in [5.41, 5.74) is 0.948. The topological polar surface area (TPSA) is 23.6 Å². The number of hydrogen-bond donors (Lipinski definition) is 0. The molecule has 6 heteroatoms. The van der Waals surface area contributed by atoms with Gasteiger partial charge < -0.3 is 9.80 Å². The van der Waals surface area contributed by atoms with Crippen LogP contribution in [0.25, 0.3) is 0 Å². The molecule has 3 nitrogen and oxygen atoms in total. The Hall–Kier alpha value is -2.34. The summed E-state index contributed by atoms with van der Waals surface area (Å²) in [6.07, 6.45) is -1.94. The highest BCUT2D eigenvalue weighted by Crippen LogP contribution is 2.29. The van der Waals surface area contributed by atoms with Crippen molar-refractivity contribution < 1.29 is 18.0 Å². The average molecular weight is 390 g/mol. The Morgan fingerprint density at radius 2 is 1.64 bits per heavy atom. The minimum absolute atomic E-state index is 0.0813. The van der Waals surface area contributed by atoms with Gasteiger partial charge in [0.2, 0.25) is 5.91 Å². The largest absolute Gasteiger partial charge is 0.416 e. The number of amides is 1. The maximum absolute atomic E-state index is 12.9. The Morgan fingerprint density at radius 3 is 2.21 bits per heavy atom. The maximum atomic E-state index is 12.9. The SMILES string of the molecule is CN(C(=O)Cc1ccc(C(F)(F)F)cc1)[C@H](CN1CCCC1)c1ccccc1. The molecular formula is C22H25F3N2O. The first-order valence-electron chi connectivity index (χ1n) is 9.53. The first-order valence-corrected chi connectivity index (χ1v) is 9.53. The van der Waals surface area contributed by atoms with E-state index in [9.17, 15) is 18.0 Å². The van der Waals surface area contributed by atoms with Crippen LogP contribution in [-0.4, -0.2) is 42.4 Å². The Labute approximate surface area is 163 Å². The second-order valence-corrected chi connectivity index (χ2v) is 7.31. The van der Waals surface area contributed by atoms with E-state index in [-0.39, 0.29) is 18.4 Å². The van der Waals surface area contributed by atoms with Crippen LogP contribution in [0.2, 0.25) is 0 Å². The highest BCUT2D eigenvalue weighted by molar-refractivity contribution is 5.79. The molecule has 0 radical (unpaired) electrons. The second-order valence-electron chi connectivity index (χ2n) is 7.31. The lowest BCUT2D eigenvalue weighted by atomic mass is 10.0. The minimum atomic E-state index is -4.37. The summed E-state index contributed by atoms with van der Waals surface area (Å²) < 4.78 is 38.2. The fraction of sp³-hybridized carbons (Fsp3) is 0.409. The molecule has 1 amide bonds. The van der Waals surface area contributed by atoms with Gasteiger partial charge in [-0.05, 0) is 49.2 Å². The molecule has 0 aliphatic carbocycles. The number of carbonyl (C=O) groups is 1. The fourth-order valence-corrected chi connectivity index (χ4v) is 3.62. The van der Waals surface area contributed by atoms with Crippen LogP contribution in [0.3, 0.4) is 0 Å². The molecule has 1 fully saturated rings. The summed E-state index contributed by atoms with van der Waals surface area (Å²) in [5, 5.41) is 0. The van der Waals surface area contributed by atoms with Crippen LogP contribution in [0.5, 0.6) is 0 Å². The molecule has 0 unspecified atom stereocenters. The van der Waals surface area contributed by atoms with E-state index in [1.807, 2.05) is 30.3 Å². The highest BCUT2D eigenvalue weighted by Gasteiger charge is 2.30. The van der Waals surface area contributed by atoms with Crippen molar-refractivity contribution in [2.24, 2.45) is 0 Å². The first-order chi connectivity index (χ1) is 13.3. The van der Waals surface area contributed by atoms with Crippen molar-refractivity contribution in [3.05, 3.63) is 71.3 Å². The molecule has 1 heterocycles. The van der Waals surface area contributed by atoms with E-state index in [2.05, 4.69) is 4.90 Å². The van der Waals surface area contributed by atoms with Gasteiger partial charge in [0.05, 0.1) is 18.0 Å². The van der Waals surface area contributed by atoms with Gasteiger partial charge in [-0.3, -0.25) is 4.79 Å². The third kappa shape index (κ3) is 5.13. The van der Waals surface area contributed by atoms with Crippen molar-refractivity contribution in [3.63, 3.8) is 0 Å². The van der Waals surface area contributed by atoms with E-state index in [1.165, 1.54) is 25.0 Å². The van der Waals surface area contributed by atoms with Gasteiger partial charge >= 0.3 is 6.18 Å². The number of rotatable bonds is 6. The average Bonchev–Trinajstić information content (AvgIpc) is 3.19. The molecule has 1 atom stereocenters. The van der Waals surface area contributed by atoms with E-state index in [4.69, 9.17) is 0 Å². The van der Waals surface area contributed by atoms with Crippen molar-refractivity contribution in [3.8, 4) is 0 Å². The third-order valence-electron chi connectivity index (χ3n) is 5.31. The lowest BCUT2D eigenvalue weighted by molar-refractivity contribution is -0.137. The zero-order chi connectivity index (χ0) is 20.1. The summed E-state index contributed by atoms with van der Waals surface area (Å²) in [5.74, 6) is -0.104. The van der Waals surface area contributed by atoms with Crippen molar-refractivity contribution in [2.45, 2.75) is 31.5 Å². The van der Waals surface area contributed by atoms with E-state index in [0.717, 1.165) is 37.3 Å². The van der Waals surface area contributed by atoms with Crippen LogP contribution in [0.4, 0.5) is 13.2 Å². The normalized spacial score (nSPS) is 16.1. The Bertz CT molecular complexity index is 769. The molecule has 1 aliphatic heterocycles. The zero-order valence-electron chi connectivity index (χ0n) is 16.0. The van der Waals surface area contributed by atoms with E-state index < -0.39 is 11.7 Å². The zero-order valence-corrected chi connectivity index (χ0v) is 16.0. The van der Waals surface area contributed by atoms with Gasteiger partial charge in [-0.1, -0.05) is 42.5 Å². The van der Waals surface area contributed by atoms with Crippen LogP contribution < -0.4 is 0 Å². The monoisotopic (exact) mass is 390 g/mol. The molecule has 2 aromatic carbocycles. The third-order valence-corrected chi connectivity index (χ3v) is 5.31. The Kier molecular flexibility index (Phi) is 6.39. The fourth-order valence-electron chi connectivity index (χ4n) is 3.62. The molecule has 0 spiro atoms. The number of likely N-dealkylation sites (tertiary alicyclic amines) is 1. The van der Waals surface area contributed by atoms with E-state index in [0.29, 0.717) is 5.56 Å². The van der Waals surface area contributed by atoms with Gasteiger partial charge in [0.15, 0.2) is 0 Å². The molecular weight excluding hydrogens is 365 g/mol. The molecule has 28 heavy (non-hydrogen) atoms. The number of carbonyl (C=O) groups excluding carboxylic acids is 1. The van der Waals surface area contributed by atoms with E-state index in [1.54, 1.807) is 11.9 Å². The molecule has 0 saturated carbocycles. The van der Waals surface area contributed by atoms with E-state index >= 15 is 0 Å². The Morgan fingerprint density at radius 1 is 1.04 bits per heavy atom. The van der Waals surface area contributed by atoms with Crippen molar-refractivity contribution >= 4 is 5.91 Å². The second kappa shape index (κ2) is 8.78. The lowest BCUT2D eigenvalue weighted by Crippen LogP contribution is -2.39. The maximum Gasteiger partial charge on any atom is 0.416 e. The van der Waals surface area contributed by atoms with Gasteiger partial charge in [0.25, 0.3) is 0 Å². The minimum Gasteiger partial charge on any atom is -0.337 e. The number of nitrogens with zero attached hydrogens (tertiary/aromatic N) is 2. The van der Waals surface area contributed by atoms with Crippen molar-refractivity contribution in [1.82, 2.24) is 9.80 Å².